The van der Waals surface area contributed by atoms with Crippen molar-refractivity contribution in [1.29, 1.82) is 5.26 Å². The minimum atomic E-state index is -0.353. The molecule has 0 atom stereocenters. The molecule has 2 aliphatic heterocycles. The van der Waals surface area contributed by atoms with Crippen molar-refractivity contribution in [2.24, 2.45) is 0 Å². The highest BCUT2D eigenvalue weighted by atomic mass is 32.1. The number of carbonyl (C=O) groups excluding carboxylic acids is 1. The lowest BCUT2D eigenvalue weighted by Gasteiger charge is -2.53. The number of thiophene rings is 1. The molecule has 184 valence electrons. The highest BCUT2D eigenvalue weighted by Gasteiger charge is 2.48. The zero-order chi connectivity index (χ0) is 24.7. The summed E-state index contributed by atoms with van der Waals surface area (Å²) in [5.41, 5.74) is 2.82. The SMILES string of the molecule is COc1cscc1C(=O)N1CCC(N2CC(CC#N)(n3cc(-c4ncnc5[nH]ccc45)cn3)C2)CC1. The van der Waals surface area contributed by atoms with Gasteiger partial charge in [-0.15, -0.1) is 11.3 Å². The summed E-state index contributed by atoms with van der Waals surface area (Å²) in [6.07, 6.45) is 9.44. The van der Waals surface area contributed by atoms with Gasteiger partial charge in [-0.3, -0.25) is 14.4 Å². The highest BCUT2D eigenvalue weighted by Crippen LogP contribution is 2.37. The first-order valence-corrected chi connectivity index (χ1v) is 12.9. The molecule has 0 spiro atoms. The number of fused-ring (bicyclic) bond motifs is 1. The molecule has 2 saturated heterocycles. The fraction of sp³-hybridized carbons (Fsp3) is 0.400. The van der Waals surface area contributed by atoms with Gasteiger partial charge in [0.25, 0.3) is 5.91 Å². The van der Waals surface area contributed by atoms with Crippen LogP contribution in [0.2, 0.25) is 0 Å². The van der Waals surface area contributed by atoms with E-state index in [2.05, 4.69) is 31.0 Å². The number of hydrogen-bond donors (Lipinski definition) is 1. The van der Waals surface area contributed by atoms with Crippen molar-refractivity contribution in [3.8, 4) is 23.1 Å². The van der Waals surface area contributed by atoms with E-state index in [0.29, 0.717) is 23.8 Å². The first-order valence-electron chi connectivity index (χ1n) is 12.0. The molecule has 4 aromatic rings. The monoisotopic (exact) mass is 502 g/mol. The van der Waals surface area contributed by atoms with E-state index in [1.54, 1.807) is 13.4 Å². The van der Waals surface area contributed by atoms with Crippen LogP contribution in [-0.4, -0.2) is 79.8 Å². The van der Waals surface area contributed by atoms with E-state index in [1.807, 2.05) is 45.0 Å². The number of H-pyrrole nitrogens is 1. The third-order valence-electron chi connectivity index (χ3n) is 7.44. The summed E-state index contributed by atoms with van der Waals surface area (Å²) in [6, 6.07) is 4.73. The Kier molecular flexibility index (Phi) is 5.70. The number of nitrogens with zero attached hydrogens (tertiary/aromatic N) is 7. The van der Waals surface area contributed by atoms with E-state index in [4.69, 9.17) is 4.74 Å². The van der Waals surface area contributed by atoms with Crippen molar-refractivity contribution in [1.82, 2.24) is 34.5 Å². The number of hydrogen-bond acceptors (Lipinski definition) is 8. The van der Waals surface area contributed by atoms with E-state index < -0.39 is 0 Å². The Hall–Kier alpha value is -3.75. The van der Waals surface area contributed by atoms with Crippen LogP contribution in [0.15, 0.2) is 41.7 Å². The lowest BCUT2D eigenvalue weighted by Crippen LogP contribution is -2.66. The van der Waals surface area contributed by atoms with Crippen LogP contribution in [0, 0.1) is 11.3 Å². The molecule has 11 heteroatoms. The minimum Gasteiger partial charge on any atom is -0.495 e. The fourth-order valence-corrected chi connectivity index (χ4v) is 6.23. The molecule has 4 aromatic heterocycles. The second kappa shape index (κ2) is 9.04. The standard InChI is InChI=1S/C25H26N8O2S/c1-35-21-13-36-12-20(21)24(34)31-8-3-18(4-9-31)32-14-25(15-32,5-6-26)33-11-17(10-30-33)22-19-2-7-27-23(19)29-16-28-22/h2,7,10-13,16,18H,3-5,8-9,14-15H2,1H3,(H,27,28,29). The van der Waals surface area contributed by atoms with Crippen LogP contribution in [-0.2, 0) is 5.54 Å². The van der Waals surface area contributed by atoms with Crippen molar-refractivity contribution in [2.45, 2.75) is 30.8 Å². The zero-order valence-corrected chi connectivity index (χ0v) is 20.7. The van der Waals surface area contributed by atoms with Crippen LogP contribution >= 0.6 is 11.3 Å². The first-order chi connectivity index (χ1) is 17.6. The van der Waals surface area contributed by atoms with E-state index in [9.17, 15) is 10.1 Å². The summed E-state index contributed by atoms with van der Waals surface area (Å²) in [4.78, 5) is 29.2. The predicted octanol–water partition coefficient (Wildman–Crippen LogP) is 3.12. The summed E-state index contributed by atoms with van der Waals surface area (Å²) in [7, 11) is 1.60. The molecule has 6 heterocycles. The average Bonchev–Trinajstić information content (AvgIpc) is 3.65. The Balaban J connectivity index is 1.13. The molecule has 2 aliphatic rings. The van der Waals surface area contributed by atoms with E-state index in [-0.39, 0.29) is 11.4 Å². The Morgan fingerprint density at radius 2 is 2.14 bits per heavy atom. The third-order valence-corrected chi connectivity index (χ3v) is 8.17. The number of nitriles is 1. The van der Waals surface area contributed by atoms with Crippen LogP contribution < -0.4 is 4.74 Å². The summed E-state index contributed by atoms with van der Waals surface area (Å²) in [6.45, 7) is 2.97. The molecule has 0 radical (unpaired) electrons. The number of nitrogens with one attached hydrogen (secondary N) is 1. The van der Waals surface area contributed by atoms with Gasteiger partial charge in [0.05, 0.1) is 37.1 Å². The van der Waals surface area contributed by atoms with Gasteiger partial charge < -0.3 is 14.6 Å². The van der Waals surface area contributed by atoms with Gasteiger partial charge in [-0.05, 0) is 18.9 Å². The fourth-order valence-electron chi connectivity index (χ4n) is 5.46. The quantitative estimate of drug-likeness (QED) is 0.431. The van der Waals surface area contributed by atoms with Gasteiger partial charge in [0, 0.05) is 66.3 Å². The lowest BCUT2D eigenvalue weighted by atomic mass is 9.83. The molecule has 1 N–H and O–H groups in total. The zero-order valence-electron chi connectivity index (χ0n) is 19.9. The molecular weight excluding hydrogens is 476 g/mol. The number of piperidine rings is 1. The molecule has 0 aliphatic carbocycles. The van der Waals surface area contributed by atoms with E-state index >= 15 is 0 Å². The van der Waals surface area contributed by atoms with Crippen LogP contribution in [0.3, 0.4) is 0 Å². The van der Waals surface area contributed by atoms with E-state index in [1.165, 1.54) is 11.3 Å². The Morgan fingerprint density at radius 1 is 1.31 bits per heavy atom. The number of carbonyl (C=O) groups is 1. The molecule has 1 amide bonds. The summed E-state index contributed by atoms with van der Waals surface area (Å²) >= 11 is 1.48. The summed E-state index contributed by atoms with van der Waals surface area (Å²) in [5, 5.41) is 18.9. The maximum absolute atomic E-state index is 12.9. The molecule has 0 unspecified atom stereocenters. The van der Waals surface area contributed by atoms with Gasteiger partial charge in [0.15, 0.2) is 0 Å². The van der Waals surface area contributed by atoms with E-state index in [0.717, 1.165) is 61.3 Å². The minimum absolute atomic E-state index is 0.0410. The highest BCUT2D eigenvalue weighted by molar-refractivity contribution is 7.08. The van der Waals surface area contributed by atoms with Gasteiger partial charge in [-0.25, -0.2) is 9.97 Å². The molecular formula is C25H26N8O2S. The van der Waals surface area contributed by atoms with Crippen molar-refractivity contribution < 1.29 is 9.53 Å². The van der Waals surface area contributed by atoms with Crippen LogP contribution in [0.4, 0.5) is 0 Å². The number of likely N-dealkylation sites (tertiary alicyclic amines) is 2. The topological polar surface area (TPSA) is 116 Å². The van der Waals surface area contributed by atoms with Crippen molar-refractivity contribution in [3.63, 3.8) is 0 Å². The summed E-state index contributed by atoms with van der Waals surface area (Å²) < 4.78 is 7.28. The number of rotatable bonds is 6. The molecule has 6 rings (SSSR count). The third kappa shape index (κ3) is 3.73. The molecule has 0 bridgehead atoms. The largest absolute Gasteiger partial charge is 0.495 e. The molecule has 10 nitrogen and oxygen atoms in total. The Bertz CT molecular complexity index is 1440. The summed E-state index contributed by atoms with van der Waals surface area (Å²) in [5.74, 6) is 0.688. The van der Waals surface area contributed by atoms with Gasteiger partial charge in [-0.2, -0.15) is 10.4 Å². The van der Waals surface area contributed by atoms with Crippen LogP contribution in [0.25, 0.3) is 22.3 Å². The lowest BCUT2D eigenvalue weighted by molar-refractivity contribution is -0.0412. The van der Waals surface area contributed by atoms with Crippen molar-refractivity contribution in [3.05, 3.63) is 47.3 Å². The molecule has 0 saturated carbocycles. The molecule has 0 aromatic carbocycles. The smallest absolute Gasteiger partial charge is 0.258 e. The maximum atomic E-state index is 12.9. The maximum Gasteiger partial charge on any atom is 0.258 e. The average molecular weight is 503 g/mol. The van der Waals surface area contributed by atoms with Gasteiger partial charge >= 0.3 is 0 Å². The van der Waals surface area contributed by atoms with Crippen molar-refractivity contribution >= 4 is 28.3 Å². The first kappa shape index (κ1) is 22.7. The van der Waals surface area contributed by atoms with Crippen molar-refractivity contribution in [2.75, 3.05) is 33.3 Å². The van der Waals surface area contributed by atoms with Gasteiger partial charge in [-0.1, -0.05) is 0 Å². The Labute approximate surface area is 212 Å². The predicted molar refractivity (Wildman–Crippen MR) is 135 cm³/mol. The molecule has 2 fully saturated rings. The van der Waals surface area contributed by atoms with Crippen LogP contribution in [0.1, 0.15) is 29.6 Å². The van der Waals surface area contributed by atoms with Gasteiger partial charge in [0.1, 0.15) is 23.3 Å². The number of ether oxygens (including phenoxy) is 1. The van der Waals surface area contributed by atoms with Gasteiger partial charge in [0.2, 0.25) is 0 Å². The normalized spacial score (nSPS) is 18.2. The number of methoxy groups -OCH3 is 1. The number of amides is 1. The number of aromatic amines is 1. The Morgan fingerprint density at radius 3 is 2.92 bits per heavy atom. The second-order valence-electron chi connectivity index (χ2n) is 9.48. The molecule has 36 heavy (non-hydrogen) atoms. The number of aromatic nitrogens is 5. The van der Waals surface area contributed by atoms with Crippen LogP contribution in [0.5, 0.6) is 5.75 Å². The second-order valence-corrected chi connectivity index (χ2v) is 10.2.